The van der Waals surface area contributed by atoms with Gasteiger partial charge in [0.2, 0.25) is 0 Å². The van der Waals surface area contributed by atoms with Gasteiger partial charge in [0, 0.05) is 8.80 Å². The van der Waals surface area contributed by atoms with Gasteiger partial charge in [-0.3, -0.25) is 0 Å². The largest absolute Gasteiger partial charge is 0.207 e. The Kier molecular flexibility index (Phi) is 6.33. The third-order valence-corrected chi connectivity index (χ3v) is 9.48. The first-order valence-electron chi connectivity index (χ1n) is 9.83. The van der Waals surface area contributed by atoms with Crippen molar-refractivity contribution in [2.24, 2.45) is 11.8 Å². The van der Waals surface area contributed by atoms with Gasteiger partial charge >= 0.3 is 0 Å². The molecule has 0 amide bonds. The van der Waals surface area contributed by atoms with Crippen molar-refractivity contribution in [2.75, 3.05) is 0 Å². The molecule has 127 valence electrons. The smallest absolute Gasteiger partial charge is 0.123 e. The van der Waals surface area contributed by atoms with Crippen molar-refractivity contribution in [1.82, 2.24) is 0 Å². The highest BCUT2D eigenvalue weighted by Crippen LogP contribution is 2.39. The third kappa shape index (κ3) is 4.92. The molecule has 1 saturated heterocycles. The summed E-state index contributed by atoms with van der Waals surface area (Å²) in [6.07, 6.45) is 11.4. The van der Waals surface area contributed by atoms with Gasteiger partial charge in [-0.2, -0.15) is 0 Å². The summed E-state index contributed by atoms with van der Waals surface area (Å²) in [5.41, 5.74) is 1.35. The molecule has 2 heteroatoms. The molecule has 1 aliphatic carbocycles. The van der Waals surface area contributed by atoms with Crippen LogP contribution in [0, 0.1) is 17.7 Å². The SMILES string of the molecule is CC[Si]1CCC(CCC2CCC(c3ccc(F)cc3)CC2)CC1. The Morgan fingerprint density at radius 1 is 0.870 bits per heavy atom. The first kappa shape index (κ1) is 17.2. The molecule has 0 aromatic heterocycles. The molecule has 0 N–H and O–H groups in total. The number of hydrogen-bond donors (Lipinski definition) is 0. The van der Waals surface area contributed by atoms with Gasteiger partial charge in [0.05, 0.1) is 0 Å². The van der Waals surface area contributed by atoms with Crippen LogP contribution in [0.25, 0.3) is 0 Å². The Morgan fingerprint density at radius 3 is 2.00 bits per heavy atom. The number of halogens is 1. The van der Waals surface area contributed by atoms with Crippen LogP contribution in [0.5, 0.6) is 0 Å². The topological polar surface area (TPSA) is 0 Å². The summed E-state index contributed by atoms with van der Waals surface area (Å²) in [6, 6.07) is 11.9. The quantitative estimate of drug-likeness (QED) is 0.520. The normalized spacial score (nSPS) is 27.2. The van der Waals surface area contributed by atoms with Gasteiger partial charge in [-0.05, 0) is 61.1 Å². The molecular weight excluding hydrogens is 299 g/mol. The summed E-state index contributed by atoms with van der Waals surface area (Å²) in [7, 11) is 0.0706. The number of rotatable bonds is 5. The molecular formula is C21H32FSi. The van der Waals surface area contributed by atoms with Crippen molar-refractivity contribution < 1.29 is 4.39 Å². The molecule has 2 aliphatic rings. The zero-order chi connectivity index (χ0) is 16.1. The molecule has 0 spiro atoms. The lowest BCUT2D eigenvalue weighted by molar-refractivity contribution is 0.280. The second-order valence-corrected chi connectivity index (χ2v) is 11.1. The van der Waals surface area contributed by atoms with Crippen LogP contribution in [0.3, 0.4) is 0 Å². The fourth-order valence-electron chi connectivity index (χ4n) is 4.72. The minimum Gasteiger partial charge on any atom is -0.207 e. The van der Waals surface area contributed by atoms with E-state index in [0.29, 0.717) is 5.92 Å². The van der Waals surface area contributed by atoms with E-state index in [0.717, 1.165) is 11.8 Å². The van der Waals surface area contributed by atoms with Crippen LogP contribution < -0.4 is 0 Å². The first-order chi connectivity index (χ1) is 11.2. The monoisotopic (exact) mass is 331 g/mol. The van der Waals surface area contributed by atoms with Gasteiger partial charge in [-0.1, -0.05) is 62.9 Å². The summed E-state index contributed by atoms with van der Waals surface area (Å²) < 4.78 is 13.0. The van der Waals surface area contributed by atoms with Crippen molar-refractivity contribution in [2.45, 2.75) is 82.3 Å². The summed E-state index contributed by atoms with van der Waals surface area (Å²) in [5.74, 6) is 2.58. The molecule has 0 atom stereocenters. The van der Waals surface area contributed by atoms with Gasteiger partial charge in [0.1, 0.15) is 5.82 Å². The molecule has 1 aromatic rings. The molecule has 0 bridgehead atoms. The highest BCUT2D eigenvalue weighted by atomic mass is 28.3. The molecule has 0 unspecified atom stereocenters. The minimum atomic E-state index is -0.109. The lowest BCUT2D eigenvalue weighted by atomic mass is 9.76. The fourth-order valence-corrected chi connectivity index (χ4v) is 7.31. The van der Waals surface area contributed by atoms with Crippen LogP contribution in [0.2, 0.25) is 18.1 Å². The van der Waals surface area contributed by atoms with Crippen molar-refractivity contribution in [3.63, 3.8) is 0 Å². The van der Waals surface area contributed by atoms with Gasteiger partial charge < -0.3 is 0 Å². The summed E-state index contributed by atoms with van der Waals surface area (Å²) in [6.45, 7) is 2.40. The average molecular weight is 332 g/mol. The van der Waals surface area contributed by atoms with Crippen LogP contribution >= 0.6 is 0 Å². The maximum Gasteiger partial charge on any atom is 0.123 e. The predicted molar refractivity (Wildman–Crippen MR) is 98.9 cm³/mol. The second kappa shape index (κ2) is 8.46. The Hall–Kier alpha value is -0.633. The lowest BCUT2D eigenvalue weighted by Gasteiger charge is -2.31. The second-order valence-electron chi connectivity index (χ2n) is 7.89. The van der Waals surface area contributed by atoms with Gasteiger partial charge in [-0.15, -0.1) is 0 Å². The van der Waals surface area contributed by atoms with E-state index < -0.39 is 0 Å². The van der Waals surface area contributed by atoms with E-state index in [1.807, 2.05) is 12.1 Å². The van der Waals surface area contributed by atoms with Crippen molar-refractivity contribution in [1.29, 1.82) is 0 Å². The Bertz CT molecular complexity index is 453. The van der Waals surface area contributed by atoms with E-state index in [9.17, 15) is 4.39 Å². The predicted octanol–water partition coefficient (Wildman–Crippen LogP) is 6.80. The van der Waals surface area contributed by atoms with E-state index in [-0.39, 0.29) is 14.6 Å². The Balaban J connectivity index is 1.37. The average Bonchev–Trinajstić information content (AvgIpc) is 2.61. The molecule has 23 heavy (non-hydrogen) atoms. The summed E-state index contributed by atoms with van der Waals surface area (Å²) in [5, 5.41) is 0. The molecule has 1 heterocycles. The third-order valence-electron chi connectivity index (χ3n) is 6.48. The number of hydrogen-bond acceptors (Lipinski definition) is 0. The molecule has 1 radical (unpaired) electrons. The van der Waals surface area contributed by atoms with E-state index in [4.69, 9.17) is 0 Å². The van der Waals surface area contributed by atoms with E-state index in [1.54, 1.807) is 24.2 Å². The van der Waals surface area contributed by atoms with Crippen LogP contribution in [-0.2, 0) is 0 Å². The van der Waals surface area contributed by atoms with Crippen LogP contribution in [0.15, 0.2) is 24.3 Å². The maximum atomic E-state index is 13.0. The van der Waals surface area contributed by atoms with Gasteiger partial charge in [-0.25, -0.2) is 4.39 Å². The van der Waals surface area contributed by atoms with E-state index in [2.05, 4.69) is 6.92 Å². The lowest BCUT2D eigenvalue weighted by Crippen LogP contribution is -2.21. The maximum absolute atomic E-state index is 13.0. The van der Waals surface area contributed by atoms with Crippen molar-refractivity contribution >= 4 is 8.80 Å². The fraction of sp³-hybridized carbons (Fsp3) is 0.714. The van der Waals surface area contributed by atoms with Crippen molar-refractivity contribution in [3.05, 3.63) is 35.6 Å². The van der Waals surface area contributed by atoms with Gasteiger partial charge in [0.25, 0.3) is 0 Å². The highest BCUT2D eigenvalue weighted by molar-refractivity contribution is 6.58. The molecule has 0 nitrogen and oxygen atoms in total. The van der Waals surface area contributed by atoms with Crippen LogP contribution in [-0.4, -0.2) is 8.80 Å². The van der Waals surface area contributed by atoms with Crippen LogP contribution in [0.1, 0.15) is 69.8 Å². The molecule has 3 rings (SSSR count). The van der Waals surface area contributed by atoms with E-state index >= 15 is 0 Å². The van der Waals surface area contributed by atoms with E-state index in [1.165, 1.54) is 63.0 Å². The van der Waals surface area contributed by atoms with Gasteiger partial charge in [0.15, 0.2) is 0 Å². The standard InChI is InChI=1S/C21H32FSi/c1-2-23-15-13-18(14-16-23)4-3-17-5-7-19(8-6-17)20-9-11-21(22)12-10-20/h9-12,17-19H,2-8,13-16H2,1H3. The molecule has 1 saturated carbocycles. The summed E-state index contributed by atoms with van der Waals surface area (Å²) in [4.78, 5) is 0. The molecule has 1 aliphatic heterocycles. The summed E-state index contributed by atoms with van der Waals surface area (Å²) >= 11 is 0. The molecule has 1 aromatic carbocycles. The van der Waals surface area contributed by atoms with Crippen LogP contribution in [0.4, 0.5) is 4.39 Å². The van der Waals surface area contributed by atoms with Crippen molar-refractivity contribution in [3.8, 4) is 0 Å². The Labute approximate surface area is 143 Å². The first-order valence-corrected chi connectivity index (χ1v) is 12.0. The molecule has 2 fully saturated rings. The highest BCUT2D eigenvalue weighted by Gasteiger charge is 2.25. The number of benzene rings is 1. The minimum absolute atomic E-state index is 0.0706. The Morgan fingerprint density at radius 2 is 1.43 bits per heavy atom. The zero-order valence-corrected chi connectivity index (χ0v) is 15.7. The zero-order valence-electron chi connectivity index (χ0n) is 14.7.